The Hall–Kier alpha value is -1.37. The summed E-state index contributed by atoms with van der Waals surface area (Å²) in [5.41, 5.74) is 1.18. The molecule has 0 amide bonds. The molecule has 2 rings (SSSR count). The van der Waals surface area contributed by atoms with Crippen molar-refractivity contribution in [1.82, 2.24) is 14.3 Å². The molecule has 0 aliphatic heterocycles. The van der Waals surface area contributed by atoms with Crippen molar-refractivity contribution in [3.8, 4) is 0 Å². The van der Waals surface area contributed by atoms with Crippen molar-refractivity contribution in [1.29, 1.82) is 0 Å². The maximum Gasteiger partial charge on any atom is 0.261 e. The molecule has 0 aliphatic rings. The Labute approximate surface area is 130 Å². The number of hydrogen-bond acceptors (Lipinski definition) is 3. The van der Waals surface area contributed by atoms with Gasteiger partial charge in [-0.05, 0) is 25.3 Å². The molecule has 1 N–H and O–H groups in total. The largest absolute Gasteiger partial charge is 0.324 e. The fraction of sp³-hybridized carbons (Fsp3) is 0.357. The predicted molar refractivity (Wildman–Crippen MR) is 82.8 cm³/mol. The zero-order chi connectivity index (χ0) is 15.5. The van der Waals surface area contributed by atoms with Crippen LogP contribution in [0.15, 0.2) is 41.7 Å². The molecular formula is C14H18ClN3O2S. The minimum Gasteiger partial charge on any atom is -0.324 e. The maximum absolute atomic E-state index is 12.2. The molecule has 1 aromatic carbocycles. The summed E-state index contributed by atoms with van der Waals surface area (Å²) in [5, 5.41) is -0.0176. The molecule has 0 spiro atoms. The minimum absolute atomic E-state index is 0.109. The molecule has 5 nitrogen and oxygen atoms in total. The van der Waals surface area contributed by atoms with Gasteiger partial charge in [0.25, 0.3) is 10.0 Å². The minimum atomic E-state index is -3.69. The van der Waals surface area contributed by atoms with Gasteiger partial charge in [-0.25, -0.2) is 18.1 Å². The van der Waals surface area contributed by atoms with Crippen LogP contribution in [0.3, 0.4) is 0 Å². The molecule has 1 heterocycles. The van der Waals surface area contributed by atoms with Crippen molar-refractivity contribution in [2.75, 3.05) is 0 Å². The van der Waals surface area contributed by atoms with Crippen molar-refractivity contribution in [3.63, 3.8) is 0 Å². The number of benzene rings is 1. The van der Waals surface area contributed by atoms with Crippen LogP contribution >= 0.6 is 11.6 Å². The molecule has 0 fully saturated rings. The lowest BCUT2D eigenvalue weighted by atomic mass is 10.1. The van der Waals surface area contributed by atoms with Crippen molar-refractivity contribution in [2.45, 2.75) is 30.8 Å². The first-order chi connectivity index (χ1) is 9.90. The van der Waals surface area contributed by atoms with E-state index < -0.39 is 10.0 Å². The number of aryl methyl sites for hydroxylation is 2. The first-order valence-corrected chi connectivity index (χ1v) is 8.49. The van der Waals surface area contributed by atoms with Crippen LogP contribution < -0.4 is 4.72 Å². The number of nitrogens with zero attached hydrogens (tertiary/aromatic N) is 2. The second kappa shape index (κ2) is 6.60. The summed E-state index contributed by atoms with van der Waals surface area (Å²) in [6, 6.07) is 9.75. The van der Waals surface area contributed by atoms with E-state index in [1.54, 1.807) is 7.05 Å². The smallest absolute Gasteiger partial charge is 0.261 e. The molecule has 21 heavy (non-hydrogen) atoms. The number of sulfonamides is 1. The van der Waals surface area contributed by atoms with E-state index in [-0.39, 0.29) is 16.2 Å². The lowest BCUT2D eigenvalue weighted by Gasteiger charge is -2.13. The maximum atomic E-state index is 12.2. The molecule has 0 saturated heterocycles. The zero-order valence-electron chi connectivity index (χ0n) is 12.0. The van der Waals surface area contributed by atoms with Gasteiger partial charge >= 0.3 is 0 Å². The van der Waals surface area contributed by atoms with E-state index in [0.717, 1.165) is 6.42 Å². The zero-order valence-corrected chi connectivity index (χ0v) is 13.5. The molecule has 7 heteroatoms. The van der Waals surface area contributed by atoms with E-state index in [9.17, 15) is 8.42 Å². The van der Waals surface area contributed by atoms with Crippen LogP contribution in [0.5, 0.6) is 0 Å². The summed E-state index contributed by atoms with van der Waals surface area (Å²) in [6.07, 6.45) is 2.89. The highest BCUT2D eigenvalue weighted by atomic mass is 35.5. The van der Waals surface area contributed by atoms with Gasteiger partial charge in [0.2, 0.25) is 5.03 Å². The van der Waals surface area contributed by atoms with Gasteiger partial charge in [-0.1, -0.05) is 41.9 Å². The van der Waals surface area contributed by atoms with E-state index in [2.05, 4.69) is 9.71 Å². The molecule has 2 aromatic rings. The van der Waals surface area contributed by atoms with E-state index in [1.807, 2.05) is 37.3 Å². The van der Waals surface area contributed by atoms with Gasteiger partial charge in [-0.2, -0.15) is 0 Å². The number of rotatable bonds is 6. The number of halogens is 1. The third-order valence-electron chi connectivity index (χ3n) is 3.15. The van der Waals surface area contributed by atoms with Crippen LogP contribution in [0.2, 0.25) is 5.15 Å². The van der Waals surface area contributed by atoms with Crippen LogP contribution in [-0.4, -0.2) is 24.0 Å². The van der Waals surface area contributed by atoms with Crippen molar-refractivity contribution < 1.29 is 8.42 Å². The van der Waals surface area contributed by atoms with Crippen LogP contribution in [-0.2, 0) is 23.5 Å². The third-order valence-corrected chi connectivity index (χ3v) is 5.23. The number of aromatic nitrogens is 2. The standard InChI is InChI=1S/C14H18ClN3O2S/c1-11(8-9-12-6-4-3-5-7-12)17-21(19,20)14-13(15)18(2)10-16-14/h3-7,10-11,17H,8-9H2,1-2H3. The van der Waals surface area contributed by atoms with Gasteiger partial charge < -0.3 is 4.57 Å². The summed E-state index contributed by atoms with van der Waals surface area (Å²) >= 11 is 5.93. The third kappa shape index (κ3) is 4.06. The Bertz CT molecular complexity index is 698. The first kappa shape index (κ1) is 16.0. The monoisotopic (exact) mass is 327 g/mol. The van der Waals surface area contributed by atoms with E-state index >= 15 is 0 Å². The fourth-order valence-electron chi connectivity index (χ4n) is 1.98. The van der Waals surface area contributed by atoms with Gasteiger partial charge in [0.1, 0.15) is 5.15 Å². The van der Waals surface area contributed by atoms with Crippen LogP contribution in [0.1, 0.15) is 18.9 Å². The summed E-state index contributed by atoms with van der Waals surface area (Å²) in [4.78, 5) is 3.84. The highest BCUT2D eigenvalue weighted by Gasteiger charge is 2.24. The quantitative estimate of drug-likeness (QED) is 0.886. The lowest BCUT2D eigenvalue weighted by molar-refractivity contribution is 0.544. The second-order valence-electron chi connectivity index (χ2n) is 5.00. The van der Waals surface area contributed by atoms with Gasteiger partial charge in [0, 0.05) is 13.1 Å². The molecule has 1 aromatic heterocycles. The normalized spacial score (nSPS) is 13.3. The summed E-state index contributed by atoms with van der Waals surface area (Å²) in [7, 11) is -2.04. The van der Waals surface area contributed by atoms with Crippen LogP contribution in [0.25, 0.3) is 0 Å². The average molecular weight is 328 g/mol. The summed E-state index contributed by atoms with van der Waals surface area (Å²) < 4.78 is 28.5. The fourth-order valence-corrected chi connectivity index (χ4v) is 3.69. The Morgan fingerprint density at radius 3 is 2.57 bits per heavy atom. The number of imidazole rings is 1. The van der Waals surface area contributed by atoms with Gasteiger partial charge in [-0.15, -0.1) is 0 Å². The van der Waals surface area contributed by atoms with Crippen molar-refractivity contribution in [2.24, 2.45) is 7.05 Å². The van der Waals surface area contributed by atoms with Gasteiger partial charge in [0.15, 0.2) is 0 Å². The Balaban J connectivity index is 1.98. The highest BCUT2D eigenvalue weighted by molar-refractivity contribution is 7.89. The Kier molecular flexibility index (Phi) is 5.03. The number of nitrogens with one attached hydrogen (secondary N) is 1. The van der Waals surface area contributed by atoms with Gasteiger partial charge in [0.05, 0.1) is 6.33 Å². The Morgan fingerprint density at radius 1 is 1.33 bits per heavy atom. The van der Waals surface area contributed by atoms with Crippen molar-refractivity contribution in [3.05, 3.63) is 47.4 Å². The molecule has 0 bridgehead atoms. The molecule has 0 aliphatic carbocycles. The molecule has 1 atom stereocenters. The van der Waals surface area contributed by atoms with E-state index in [1.165, 1.54) is 16.5 Å². The topological polar surface area (TPSA) is 64.0 Å². The first-order valence-electron chi connectivity index (χ1n) is 6.63. The van der Waals surface area contributed by atoms with E-state index in [4.69, 9.17) is 11.6 Å². The molecular weight excluding hydrogens is 310 g/mol. The van der Waals surface area contributed by atoms with Gasteiger partial charge in [-0.3, -0.25) is 0 Å². The molecule has 114 valence electrons. The molecule has 0 radical (unpaired) electrons. The average Bonchev–Trinajstić information content (AvgIpc) is 2.78. The second-order valence-corrected chi connectivity index (χ2v) is 6.99. The Morgan fingerprint density at radius 2 is 2.00 bits per heavy atom. The van der Waals surface area contributed by atoms with Crippen LogP contribution in [0.4, 0.5) is 0 Å². The molecule has 1 unspecified atom stereocenters. The predicted octanol–water partition coefficient (Wildman–Crippen LogP) is 2.37. The summed E-state index contributed by atoms with van der Waals surface area (Å²) in [5.74, 6) is 0. The number of hydrogen-bond donors (Lipinski definition) is 1. The summed E-state index contributed by atoms with van der Waals surface area (Å²) in [6.45, 7) is 1.83. The lowest BCUT2D eigenvalue weighted by Crippen LogP contribution is -2.33. The van der Waals surface area contributed by atoms with Crippen molar-refractivity contribution >= 4 is 21.6 Å². The van der Waals surface area contributed by atoms with E-state index in [0.29, 0.717) is 6.42 Å². The molecule has 0 saturated carbocycles. The highest BCUT2D eigenvalue weighted by Crippen LogP contribution is 2.19. The van der Waals surface area contributed by atoms with Crippen LogP contribution in [0, 0.1) is 0 Å². The SMILES string of the molecule is CC(CCc1ccccc1)NS(=O)(=O)c1ncn(C)c1Cl.